The SMILES string of the molecule is O=C1C=CC(=O)[N+](CC(=O)Nc2ccccc2O)=N1. The molecule has 7 heteroatoms. The molecule has 19 heavy (non-hydrogen) atoms. The molecule has 1 aromatic rings. The van der Waals surface area contributed by atoms with Gasteiger partial charge >= 0.3 is 11.8 Å². The number of carbonyl (C=O) groups excluding carboxylic acids is 3. The van der Waals surface area contributed by atoms with Gasteiger partial charge in [-0.15, -0.1) is 0 Å². The zero-order valence-electron chi connectivity index (χ0n) is 9.74. The molecule has 0 saturated heterocycles. The van der Waals surface area contributed by atoms with E-state index in [1.54, 1.807) is 12.1 Å². The number of benzene rings is 1. The number of nitrogens with one attached hydrogen (secondary N) is 1. The number of azo groups is 2. The highest BCUT2D eigenvalue weighted by molar-refractivity contribution is 5.98. The van der Waals surface area contributed by atoms with Gasteiger partial charge in [-0.05, 0) is 16.8 Å². The molecule has 3 amide bonds. The molecule has 1 heterocycles. The van der Waals surface area contributed by atoms with Crippen LogP contribution in [0.3, 0.4) is 0 Å². The second-order valence-electron chi connectivity index (χ2n) is 3.73. The molecular weight excluding hydrogens is 250 g/mol. The molecule has 0 aliphatic carbocycles. The predicted molar refractivity (Wildman–Crippen MR) is 63.4 cm³/mol. The summed E-state index contributed by atoms with van der Waals surface area (Å²) in [7, 11) is 0. The molecule has 0 aromatic heterocycles. The molecule has 2 rings (SSSR count). The highest BCUT2D eigenvalue weighted by Gasteiger charge is 2.26. The summed E-state index contributed by atoms with van der Waals surface area (Å²) in [5.74, 6) is -1.81. The minimum atomic E-state index is -0.602. The molecule has 1 aromatic carbocycles. The normalized spacial score (nSPS) is 14.2. The van der Waals surface area contributed by atoms with Crippen LogP contribution in [-0.2, 0) is 14.4 Å². The van der Waals surface area contributed by atoms with E-state index >= 15 is 0 Å². The number of nitrogens with zero attached hydrogens (tertiary/aromatic N) is 2. The van der Waals surface area contributed by atoms with E-state index in [9.17, 15) is 19.5 Å². The molecule has 1 aliphatic heterocycles. The van der Waals surface area contributed by atoms with Gasteiger partial charge < -0.3 is 10.4 Å². The Morgan fingerprint density at radius 2 is 2.00 bits per heavy atom. The third-order valence-corrected chi connectivity index (χ3v) is 2.31. The standard InChI is InChI=1S/C12H9N3O4/c16-9-4-2-1-3-8(9)13-11(18)7-15-12(19)6-5-10(17)14-15/h1-6H,7H2,(H,14,17)/p+1. The molecule has 0 saturated carbocycles. The van der Waals surface area contributed by atoms with Crippen LogP contribution in [0.25, 0.3) is 0 Å². The zero-order valence-corrected chi connectivity index (χ0v) is 9.74. The molecule has 0 bridgehead atoms. The van der Waals surface area contributed by atoms with Crippen LogP contribution in [0.5, 0.6) is 5.75 Å². The summed E-state index contributed by atoms with van der Waals surface area (Å²) in [5.41, 5.74) is 0.221. The summed E-state index contributed by atoms with van der Waals surface area (Å²) in [6.07, 6.45) is 2.07. The number of phenols is 1. The first kappa shape index (κ1) is 12.6. The molecule has 2 N–H and O–H groups in total. The van der Waals surface area contributed by atoms with Crippen LogP contribution < -0.4 is 5.32 Å². The Kier molecular flexibility index (Phi) is 3.46. The molecule has 0 unspecified atom stereocenters. The Bertz CT molecular complexity index is 619. The second kappa shape index (κ2) is 5.21. The van der Waals surface area contributed by atoms with E-state index in [1.807, 2.05) is 0 Å². The van der Waals surface area contributed by atoms with Crippen molar-refractivity contribution in [3.05, 3.63) is 36.4 Å². The van der Waals surface area contributed by atoms with Gasteiger partial charge in [-0.2, -0.15) is 0 Å². The third kappa shape index (κ3) is 3.09. The average Bonchev–Trinajstić information content (AvgIpc) is 2.37. The van der Waals surface area contributed by atoms with E-state index in [-0.39, 0.29) is 11.4 Å². The lowest BCUT2D eigenvalue weighted by molar-refractivity contribution is -0.495. The number of carbonyl (C=O) groups is 3. The maximum Gasteiger partial charge on any atom is 0.437 e. The number of aromatic hydroxyl groups is 1. The highest BCUT2D eigenvalue weighted by atomic mass is 16.3. The highest BCUT2D eigenvalue weighted by Crippen LogP contribution is 2.21. The van der Waals surface area contributed by atoms with Gasteiger partial charge in [-0.3, -0.25) is 9.59 Å². The fourth-order valence-electron chi connectivity index (χ4n) is 1.45. The van der Waals surface area contributed by atoms with Gasteiger partial charge in [0.25, 0.3) is 12.5 Å². The summed E-state index contributed by atoms with van der Waals surface area (Å²) in [6.45, 7) is -0.400. The van der Waals surface area contributed by atoms with Gasteiger partial charge in [0.2, 0.25) is 0 Å². The summed E-state index contributed by atoms with van der Waals surface area (Å²) in [6, 6.07) is 6.17. The van der Waals surface area contributed by atoms with Crippen molar-refractivity contribution in [2.24, 2.45) is 5.11 Å². The quantitative estimate of drug-likeness (QED) is 0.607. The van der Waals surface area contributed by atoms with Crippen molar-refractivity contribution in [2.45, 2.75) is 0 Å². The van der Waals surface area contributed by atoms with E-state index in [1.165, 1.54) is 12.1 Å². The largest absolute Gasteiger partial charge is 0.506 e. The van der Waals surface area contributed by atoms with Crippen LogP contribution in [0.1, 0.15) is 0 Å². The fourth-order valence-corrected chi connectivity index (χ4v) is 1.45. The minimum absolute atomic E-state index is 0.0891. The Labute approximate surface area is 107 Å². The lowest BCUT2D eigenvalue weighted by Crippen LogP contribution is -2.31. The number of rotatable bonds is 3. The Morgan fingerprint density at radius 3 is 2.74 bits per heavy atom. The van der Waals surface area contributed by atoms with Gasteiger partial charge in [-0.25, -0.2) is 4.79 Å². The number of hydrogen-bond acceptors (Lipinski definition) is 4. The molecule has 7 nitrogen and oxygen atoms in total. The number of para-hydroxylation sites is 2. The van der Waals surface area contributed by atoms with Crippen LogP contribution in [0.15, 0.2) is 41.5 Å². The van der Waals surface area contributed by atoms with Crippen molar-refractivity contribution in [3.8, 4) is 5.75 Å². The number of anilines is 1. The van der Waals surface area contributed by atoms with Crippen LogP contribution >= 0.6 is 0 Å². The molecule has 0 fully saturated rings. The van der Waals surface area contributed by atoms with Crippen LogP contribution in [0.4, 0.5) is 5.69 Å². The lowest BCUT2D eigenvalue weighted by Gasteiger charge is -2.05. The molecule has 0 spiro atoms. The van der Waals surface area contributed by atoms with E-state index in [4.69, 9.17) is 0 Å². The summed E-state index contributed by atoms with van der Waals surface area (Å²) in [4.78, 5) is 34.0. The van der Waals surface area contributed by atoms with Crippen molar-refractivity contribution in [2.75, 3.05) is 11.9 Å². The van der Waals surface area contributed by atoms with Gasteiger partial charge in [-0.1, -0.05) is 12.1 Å². The van der Waals surface area contributed by atoms with Crippen molar-refractivity contribution < 1.29 is 24.2 Å². The van der Waals surface area contributed by atoms with Crippen molar-refractivity contribution >= 4 is 23.4 Å². The third-order valence-electron chi connectivity index (χ3n) is 2.31. The van der Waals surface area contributed by atoms with E-state index in [0.717, 1.165) is 16.8 Å². The van der Waals surface area contributed by atoms with E-state index in [0.29, 0.717) is 0 Å². The van der Waals surface area contributed by atoms with Crippen LogP contribution in [-0.4, -0.2) is 34.1 Å². The maximum absolute atomic E-state index is 11.7. The fraction of sp³-hybridized carbons (Fsp3) is 0.0833. The van der Waals surface area contributed by atoms with Gasteiger partial charge in [0, 0.05) is 11.2 Å². The smallest absolute Gasteiger partial charge is 0.437 e. The molecule has 0 atom stereocenters. The first-order chi connectivity index (χ1) is 9.06. The number of amides is 3. The first-order valence-corrected chi connectivity index (χ1v) is 5.39. The van der Waals surface area contributed by atoms with Gasteiger partial charge in [0.1, 0.15) is 5.75 Å². The van der Waals surface area contributed by atoms with E-state index < -0.39 is 24.3 Å². The Hall–Kier alpha value is -2.83. The van der Waals surface area contributed by atoms with Crippen molar-refractivity contribution in [3.63, 3.8) is 0 Å². The van der Waals surface area contributed by atoms with E-state index in [2.05, 4.69) is 10.4 Å². The van der Waals surface area contributed by atoms with Gasteiger partial charge in [0.05, 0.1) is 11.8 Å². The van der Waals surface area contributed by atoms with Crippen LogP contribution in [0.2, 0.25) is 0 Å². The predicted octanol–water partition coefficient (Wildman–Crippen LogP) is 0.418. The number of phenolic OH excluding ortho intramolecular Hbond substituents is 1. The Morgan fingerprint density at radius 1 is 1.26 bits per heavy atom. The first-order valence-electron chi connectivity index (χ1n) is 5.39. The molecule has 96 valence electrons. The lowest BCUT2D eigenvalue weighted by atomic mass is 10.3. The summed E-state index contributed by atoms with van der Waals surface area (Å²) < 4.78 is 0.762. The number of hydrogen-bond donors (Lipinski definition) is 2. The van der Waals surface area contributed by atoms with Crippen LogP contribution in [0, 0.1) is 0 Å². The Balaban J connectivity index is 2.05. The molecule has 1 aliphatic rings. The maximum atomic E-state index is 11.7. The molecular formula is C12H10N3O4+. The topological polar surface area (TPSA) is 98.8 Å². The van der Waals surface area contributed by atoms with Crippen molar-refractivity contribution in [1.82, 2.24) is 0 Å². The zero-order chi connectivity index (χ0) is 13.8. The summed E-state index contributed by atoms with van der Waals surface area (Å²) in [5, 5.41) is 15.3. The van der Waals surface area contributed by atoms with Gasteiger partial charge in [0.15, 0.2) is 0 Å². The van der Waals surface area contributed by atoms with Crippen molar-refractivity contribution in [1.29, 1.82) is 0 Å². The second-order valence-corrected chi connectivity index (χ2v) is 3.73. The average molecular weight is 260 g/mol. The summed E-state index contributed by atoms with van der Waals surface area (Å²) >= 11 is 0. The monoisotopic (exact) mass is 260 g/mol. The minimum Gasteiger partial charge on any atom is -0.506 e. The molecule has 0 radical (unpaired) electrons.